The first kappa shape index (κ1) is 18.5. The molecule has 4 aromatic rings. The van der Waals surface area contributed by atoms with Crippen LogP contribution in [-0.4, -0.2) is 25.7 Å². The Morgan fingerprint density at radius 1 is 1.18 bits per heavy atom. The molecule has 0 aliphatic heterocycles. The minimum Gasteiger partial charge on any atom is -0.288 e. The van der Waals surface area contributed by atoms with E-state index in [1.54, 1.807) is 34.6 Å². The molecule has 1 N–H and O–H groups in total. The summed E-state index contributed by atoms with van der Waals surface area (Å²) in [7, 11) is 0. The molecule has 2 heterocycles. The second kappa shape index (κ2) is 7.99. The third-order valence-electron chi connectivity index (χ3n) is 3.86. The van der Waals surface area contributed by atoms with Crippen LogP contribution in [0.25, 0.3) is 10.6 Å². The van der Waals surface area contributed by atoms with Gasteiger partial charge in [-0.05, 0) is 29.8 Å². The first-order chi connectivity index (χ1) is 13.6. The zero-order valence-electron chi connectivity index (χ0n) is 14.3. The number of nitrogens with one attached hydrogen (secondary N) is 1. The number of rotatable bonds is 5. The van der Waals surface area contributed by atoms with Crippen molar-refractivity contribution in [2.45, 2.75) is 6.54 Å². The molecule has 0 aliphatic rings. The van der Waals surface area contributed by atoms with Gasteiger partial charge in [-0.15, -0.1) is 16.4 Å². The summed E-state index contributed by atoms with van der Waals surface area (Å²) >= 11 is 4.60. The van der Waals surface area contributed by atoms with Gasteiger partial charge in [0, 0.05) is 15.4 Å². The van der Waals surface area contributed by atoms with Crippen LogP contribution >= 0.6 is 27.3 Å². The van der Waals surface area contributed by atoms with E-state index in [2.05, 4.69) is 36.3 Å². The molecule has 0 radical (unpaired) electrons. The Bertz CT molecular complexity index is 1130. The number of nitrogens with zero attached hydrogens (tertiary/aromatic N) is 4. The molecule has 28 heavy (non-hydrogen) atoms. The minimum atomic E-state index is -0.444. The highest BCUT2D eigenvalue weighted by atomic mass is 79.9. The topological polar surface area (TPSA) is 72.7 Å². The number of amides is 1. The lowest BCUT2D eigenvalue weighted by atomic mass is 10.2. The monoisotopic (exact) mass is 457 g/mol. The molecule has 2 aromatic carbocycles. The Labute approximate surface area is 172 Å². The number of anilines is 1. The Balaban J connectivity index is 1.44. The molecule has 1 amide bonds. The van der Waals surface area contributed by atoms with Gasteiger partial charge in [0.2, 0.25) is 5.95 Å². The smallest absolute Gasteiger partial charge is 0.277 e. The van der Waals surface area contributed by atoms with Crippen molar-refractivity contribution in [1.29, 1.82) is 0 Å². The molecule has 0 unspecified atom stereocenters. The van der Waals surface area contributed by atoms with E-state index in [0.717, 1.165) is 10.0 Å². The number of carbonyl (C=O) groups is 1. The number of benzene rings is 2. The Morgan fingerprint density at radius 3 is 2.75 bits per heavy atom. The third-order valence-corrected chi connectivity index (χ3v) is 5.26. The molecule has 2 aromatic heterocycles. The predicted molar refractivity (Wildman–Crippen MR) is 109 cm³/mol. The third kappa shape index (κ3) is 4.15. The zero-order chi connectivity index (χ0) is 19.5. The van der Waals surface area contributed by atoms with E-state index in [0.29, 0.717) is 17.1 Å². The second-order valence-corrected chi connectivity index (χ2v) is 7.64. The van der Waals surface area contributed by atoms with Crippen LogP contribution in [0.15, 0.2) is 64.7 Å². The molecule has 0 saturated heterocycles. The quantitative estimate of drug-likeness (QED) is 0.475. The van der Waals surface area contributed by atoms with Gasteiger partial charge in [-0.25, -0.2) is 19.0 Å². The van der Waals surface area contributed by atoms with E-state index >= 15 is 0 Å². The van der Waals surface area contributed by atoms with Gasteiger partial charge in [0.1, 0.15) is 22.8 Å². The summed E-state index contributed by atoms with van der Waals surface area (Å²) in [5, 5.41) is 8.88. The van der Waals surface area contributed by atoms with Crippen LogP contribution in [0.1, 0.15) is 16.1 Å². The lowest BCUT2D eigenvalue weighted by Crippen LogP contribution is -2.14. The largest absolute Gasteiger partial charge is 0.288 e. The van der Waals surface area contributed by atoms with Gasteiger partial charge in [0.25, 0.3) is 5.91 Å². The lowest BCUT2D eigenvalue weighted by molar-refractivity contribution is 0.102. The highest BCUT2D eigenvalue weighted by Gasteiger charge is 2.15. The van der Waals surface area contributed by atoms with E-state index in [9.17, 15) is 9.18 Å². The van der Waals surface area contributed by atoms with Gasteiger partial charge in [-0.2, -0.15) is 0 Å². The van der Waals surface area contributed by atoms with Crippen LogP contribution in [0.4, 0.5) is 10.3 Å². The highest BCUT2D eigenvalue weighted by Crippen LogP contribution is 2.26. The van der Waals surface area contributed by atoms with Crippen molar-refractivity contribution < 1.29 is 9.18 Å². The maximum Gasteiger partial charge on any atom is 0.277 e. The Hall–Kier alpha value is -2.91. The van der Waals surface area contributed by atoms with Gasteiger partial charge in [0.05, 0.1) is 6.54 Å². The van der Waals surface area contributed by atoms with Gasteiger partial charge in [-0.3, -0.25) is 10.1 Å². The summed E-state index contributed by atoms with van der Waals surface area (Å²) < 4.78 is 16.5. The van der Waals surface area contributed by atoms with Crippen molar-refractivity contribution in [3.63, 3.8) is 0 Å². The average Bonchev–Trinajstić information content (AvgIpc) is 3.34. The zero-order valence-corrected chi connectivity index (χ0v) is 16.7. The molecule has 140 valence electrons. The van der Waals surface area contributed by atoms with Gasteiger partial charge >= 0.3 is 0 Å². The molecule has 6 nitrogen and oxygen atoms in total. The van der Waals surface area contributed by atoms with E-state index in [1.165, 1.54) is 17.4 Å². The minimum absolute atomic E-state index is 0.183. The molecule has 0 spiro atoms. The first-order valence-corrected chi connectivity index (χ1v) is 9.91. The van der Waals surface area contributed by atoms with Crippen LogP contribution < -0.4 is 5.32 Å². The van der Waals surface area contributed by atoms with Crippen LogP contribution in [0.2, 0.25) is 0 Å². The molecule has 0 atom stereocenters. The molecule has 9 heteroatoms. The Kier molecular flexibility index (Phi) is 5.27. The fourth-order valence-corrected chi connectivity index (χ4v) is 3.60. The average molecular weight is 458 g/mol. The van der Waals surface area contributed by atoms with Crippen LogP contribution in [0, 0.1) is 5.82 Å². The van der Waals surface area contributed by atoms with Gasteiger partial charge < -0.3 is 0 Å². The molecular weight excluding hydrogens is 445 g/mol. The number of hydrogen-bond donors (Lipinski definition) is 1. The first-order valence-electron chi connectivity index (χ1n) is 8.24. The van der Waals surface area contributed by atoms with Crippen molar-refractivity contribution in [2.75, 3.05) is 5.32 Å². The maximum absolute atomic E-state index is 13.9. The van der Waals surface area contributed by atoms with E-state index in [-0.39, 0.29) is 17.5 Å². The van der Waals surface area contributed by atoms with Crippen LogP contribution in [-0.2, 0) is 6.54 Å². The SMILES string of the molecule is O=C(Nc1ncn(Cc2ccc(Br)cc2)n1)c1csc(-c2ccccc2F)n1. The fourth-order valence-electron chi connectivity index (χ4n) is 2.51. The van der Waals surface area contributed by atoms with Crippen molar-refractivity contribution in [3.8, 4) is 10.6 Å². The van der Waals surface area contributed by atoms with E-state index < -0.39 is 5.91 Å². The van der Waals surface area contributed by atoms with Crippen molar-refractivity contribution in [1.82, 2.24) is 19.7 Å². The van der Waals surface area contributed by atoms with E-state index in [1.807, 2.05) is 24.3 Å². The standard InChI is InChI=1S/C19H13BrFN5OS/c20-13-7-5-12(6-8-13)9-26-11-22-19(25-26)24-17(27)16-10-28-18(23-16)14-3-1-2-4-15(14)21/h1-8,10-11H,9H2,(H,24,25,27). The summed E-state index contributed by atoms with van der Waals surface area (Å²) in [6.07, 6.45) is 1.55. The molecular formula is C19H13BrFN5OS. The number of thiazole rings is 1. The van der Waals surface area contributed by atoms with E-state index in [4.69, 9.17) is 0 Å². The number of carbonyl (C=O) groups excluding carboxylic acids is 1. The van der Waals surface area contributed by atoms with Crippen LogP contribution in [0.3, 0.4) is 0 Å². The number of aromatic nitrogens is 4. The Morgan fingerprint density at radius 2 is 1.96 bits per heavy atom. The van der Waals surface area contributed by atoms with Gasteiger partial charge in [-0.1, -0.05) is 40.2 Å². The summed E-state index contributed by atoms with van der Waals surface area (Å²) in [5.74, 6) is -0.639. The van der Waals surface area contributed by atoms with Crippen molar-refractivity contribution in [3.05, 3.63) is 81.8 Å². The van der Waals surface area contributed by atoms with Crippen molar-refractivity contribution >= 4 is 39.1 Å². The normalized spacial score (nSPS) is 10.8. The fraction of sp³-hybridized carbons (Fsp3) is 0.0526. The summed E-state index contributed by atoms with van der Waals surface area (Å²) in [6.45, 7) is 0.532. The second-order valence-electron chi connectivity index (χ2n) is 5.86. The predicted octanol–water partition coefficient (Wildman–Crippen LogP) is 4.60. The van der Waals surface area contributed by atoms with Gasteiger partial charge in [0.15, 0.2) is 0 Å². The maximum atomic E-state index is 13.9. The molecule has 4 rings (SSSR count). The molecule has 0 fully saturated rings. The number of hydrogen-bond acceptors (Lipinski definition) is 5. The summed E-state index contributed by atoms with van der Waals surface area (Å²) in [6, 6.07) is 14.2. The lowest BCUT2D eigenvalue weighted by Gasteiger charge is -2.01. The van der Waals surface area contributed by atoms with Crippen LogP contribution in [0.5, 0.6) is 0 Å². The summed E-state index contributed by atoms with van der Waals surface area (Å²) in [5.41, 5.74) is 1.61. The highest BCUT2D eigenvalue weighted by molar-refractivity contribution is 9.10. The van der Waals surface area contributed by atoms with Crippen molar-refractivity contribution in [2.24, 2.45) is 0 Å². The number of halogens is 2. The molecule has 0 aliphatic carbocycles. The summed E-state index contributed by atoms with van der Waals surface area (Å²) in [4.78, 5) is 20.7. The molecule has 0 saturated carbocycles. The molecule has 0 bridgehead atoms.